The first-order valence-corrected chi connectivity index (χ1v) is 9.73. The second-order valence-corrected chi connectivity index (χ2v) is 7.30. The summed E-state index contributed by atoms with van der Waals surface area (Å²) in [5.74, 6) is -1.33. The number of benzene rings is 2. The molecular formula is C22H21NO4S. The van der Waals surface area contributed by atoms with E-state index in [2.05, 4.69) is 5.32 Å². The number of thiophene rings is 1. The van der Waals surface area contributed by atoms with E-state index in [1.54, 1.807) is 60.7 Å². The highest BCUT2D eigenvalue weighted by molar-refractivity contribution is 7.10. The molecule has 0 aliphatic heterocycles. The number of ether oxygens (including phenoxy) is 1. The standard InChI is InChI=1S/C22H21NO4S/c1-16(19-13-8-14-28-19)23-20(24)15-27-21(25)22(26,17-9-4-2-5-10-17)18-11-6-3-7-12-18/h2-14,16,26H,15H2,1H3,(H,23,24)/t16-/m1/s1. The van der Waals surface area contributed by atoms with E-state index in [-0.39, 0.29) is 6.04 Å². The molecule has 3 rings (SSSR count). The van der Waals surface area contributed by atoms with Gasteiger partial charge in [0.2, 0.25) is 5.60 Å². The number of esters is 1. The minimum atomic E-state index is -2.00. The molecule has 0 saturated heterocycles. The number of nitrogens with one attached hydrogen (secondary N) is 1. The SMILES string of the molecule is C[C@@H](NC(=O)COC(=O)C(O)(c1ccccc1)c1ccccc1)c1cccs1. The molecule has 1 heterocycles. The monoisotopic (exact) mass is 395 g/mol. The average molecular weight is 395 g/mol. The van der Waals surface area contributed by atoms with Gasteiger partial charge in [-0.15, -0.1) is 11.3 Å². The maximum Gasteiger partial charge on any atom is 0.348 e. The molecule has 2 N–H and O–H groups in total. The Morgan fingerprint density at radius 1 is 1.00 bits per heavy atom. The van der Waals surface area contributed by atoms with E-state index in [0.29, 0.717) is 11.1 Å². The van der Waals surface area contributed by atoms with E-state index < -0.39 is 24.1 Å². The zero-order chi connectivity index (χ0) is 20.0. The molecule has 1 aromatic heterocycles. The topological polar surface area (TPSA) is 75.6 Å². The van der Waals surface area contributed by atoms with Gasteiger partial charge in [-0.2, -0.15) is 0 Å². The number of aliphatic hydroxyl groups is 1. The molecule has 1 atom stereocenters. The van der Waals surface area contributed by atoms with Crippen molar-refractivity contribution in [2.24, 2.45) is 0 Å². The van der Waals surface area contributed by atoms with Gasteiger partial charge in [-0.25, -0.2) is 4.79 Å². The molecule has 0 radical (unpaired) electrons. The lowest BCUT2D eigenvalue weighted by Gasteiger charge is -2.27. The molecule has 28 heavy (non-hydrogen) atoms. The first kappa shape index (κ1) is 19.8. The first-order valence-electron chi connectivity index (χ1n) is 8.85. The van der Waals surface area contributed by atoms with Gasteiger partial charge in [-0.1, -0.05) is 66.7 Å². The molecule has 0 aliphatic rings. The van der Waals surface area contributed by atoms with E-state index in [0.717, 1.165) is 4.88 Å². The van der Waals surface area contributed by atoms with Crippen LogP contribution in [0.15, 0.2) is 78.2 Å². The Kier molecular flexibility index (Phi) is 6.23. The summed E-state index contributed by atoms with van der Waals surface area (Å²) in [6, 6.07) is 20.7. The molecule has 144 valence electrons. The molecule has 3 aromatic rings. The number of carbonyl (C=O) groups excluding carboxylic acids is 2. The van der Waals surface area contributed by atoms with Gasteiger partial charge in [-0.3, -0.25) is 4.79 Å². The van der Waals surface area contributed by atoms with Crippen molar-refractivity contribution in [2.45, 2.75) is 18.6 Å². The Balaban J connectivity index is 1.73. The highest BCUT2D eigenvalue weighted by Gasteiger charge is 2.41. The van der Waals surface area contributed by atoms with Crippen LogP contribution in [0.1, 0.15) is 29.0 Å². The minimum Gasteiger partial charge on any atom is -0.453 e. The first-order chi connectivity index (χ1) is 13.5. The minimum absolute atomic E-state index is 0.187. The van der Waals surface area contributed by atoms with Crippen molar-refractivity contribution in [1.82, 2.24) is 5.32 Å². The lowest BCUT2D eigenvalue weighted by molar-refractivity contribution is -0.164. The van der Waals surface area contributed by atoms with Crippen LogP contribution >= 0.6 is 11.3 Å². The Hall–Kier alpha value is -2.96. The predicted molar refractivity (Wildman–Crippen MR) is 108 cm³/mol. The molecule has 0 saturated carbocycles. The van der Waals surface area contributed by atoms with E-state index in [4.69, 9.17) is 4.74 Å². The zero-order valence-electron chi connectivity index (χ0n) is 15.4. The summed E-state index contributed by atoms with van der Waals surface area (Å²) in [6.07, 6.45) is 0. The van der Waals surface area contributed by atoms with Gasteiger partial charge in [-0.05, 0) is 29.5 Å². The number of rotatable bonds is 7. The normalized spacial score (nSPS) is 12.2. The third-order valence-corrected chi connectivity index (χ3v) is 5.42. The highest BCUT2D eigenvalue weighted by Crippen LogP contribution is 2.31. The second kappa shape index (κ2) is 8.82. The van der Waals surface area contributed by atoms with Crippen LogP contribution in [0.4, 0.5) is 0 Å². The van der Waals surface area contributed by atoms with Crippen LogP contribution in [0, 0.1) is 0 Å². The molecule has 0 bridgehead atoms. The lowest BCUT2D eigenvalue weighted by Crippen LogP contribution is -2.40. The van der Waals surface area contributed by atoms with Crippen molar-refractivity contribution in [2.75, 3.05) is 6.61 Å². The Morgan fingerprint density at radius 2 is 1.57 bits per heavy atom. The smallest absolute Gasteiger partial charge is 0.348 e. The van der Waals surface area contributed by atoms with E-state index in [9.17, 15) is 14.7 Å². The average Bonchev–Trinajstić information content (AvgIpc) is 3.28. The molecular weight excluding hydrogens is 374 g/mol. The van der Waals surface area contributed by atoms with Crippen LogP contribution in [0.2, 0.25) is 0 Å². The fourth-order valence-electron chi connectivity index (χ4n) is 2.89. The lowest BCUT2D eigenvalue weighted by atomic mass is 9.86. The molecule has 1 amide bonds. The fourth-order valence-corrected chi connectivity index (χ4v) is 3.62. The van der Waals surface area contributed by atoms with Crippen LogP contribution in [-0.4, -0.2) is 23.6 Å². The Morgan fingerprint density at radius 3 is 2.07 bits per heavy atom. The van der Waals surface area contributed by atoms with Crippen molar-refractivity contribution in [3.8, 4) is 0 Å². The van der Waals surface area contributed by atoms with Crippen LogP contribution in [0.25, 0.3) is 0 Å². The third kappa shape index (κ3) is 4.30. The number of carbonyl (C=O) groups is 2. The van der Waals surface area contributed by atoms with Crippen molar-refractivity contribution in [3.63, 3.8) is 0 Å². The van der Waals surface area contributed by atoms with Crippen LogP contribution in [0.3, 0.4) is 0 Å². The van der Waals surface area contributed by atoms with Crippen LogP contribution in [-0.2, 0) is 19.9 Å². The van der Waals surface area contributed by atoms with E-state index >= 15 is 0 Å². The summed E-state index contributed by atoms with van der Waals surface area (Å²) in [7, 11) is 0. The van der Waals surface area contributed by atoms with Gasteiger partial charge in [0.1, 0.15) is 0 Å². The van der Waals surface area contributed by atoms with Gasteiger partial charge in [0.15, 0.2) is 6.61 Å². The van der Waals surface area contributed by atoms with Gasteiger partial charge >= 0.3 is 5.97 Å². The van der Waals surface area contributed by atoms with Crippen LogP contribution in [0.5, 0.6) is 0 Å². The van der Waals surface area contributed by atoms with Gasteiger partial charge < -0.3 is 15.2 Å². The zero-order valence-corrected chi connectivity index (χ0v) is 16.2. The quantitative estimate of drug-likeness (QED) is 0.601. The summed E-state index contributed by atoms with van der Waals surface area (Å²) in [6.45, 7) is 1.38. The number of hydrogen-bond acceptors (Lipinski definition) is 5. The maximum atomic E-state index is 12.8. The Bertz CT molecular complexity index is 871. The summed E-state index contributed by atoms with van der Waals surface area (Å²) in [4.78, 5) is 26.0. The Labute approximate surface area is 167 Å². The summed E-state index contributed by atoms with van der Waals surface area (Å²) in [5, 5.41) is 16.0. The number of hydrogen-bond donors (Lipinski definition) is 2. The molecule has 0 spiro atoms. The number of amides is 1. The van der Waals surface area contributed by atoms with Crippen molar-refractivity contribution in [3.05, 3.63) is 94.2 Å². The highest BCUT2D eigenvalue weighted by atomic mass is 32.1. The second-order valence-electron chi connectivity index (χ2n) is 6.32. The third-order valence-electron chi connectivity index (χ3n) is 4.36. The molecule has 5 nitrogen and oxygen atoms in total. The van der Waals surface area contributed by atoms with Gasteiger partial charge in [0.25, 0.3) is 5.91 Å². The summed E-state index contributed by atoms with van der Waals surface area (Å²) in [5.41, 5.74) is -1.25. The van der Waals surface area contributed by atoms with Crippen molar-refractivity contribution >= 4 is 23.2 Å². The van der Waals surface area contributed by atoms with E-state index in [1.807, 2.05) is 24.4 Å². The predicted octanol–water partition coefficient (Wildman–Crippen LogP) is 3.40. The van der Waals surface area contributed by atoms with Crippen molar-refractivity contribution in [1.29, 1.82) is 0 Å². The summed E-state index contributed by atoms with van der Waals surface area (Å²) >= 11 is 1.53. The van der Waals surface area contributed by atoms with Crippen molar-refractivity contribution < 1.29 is 19.4 Å². The van der Waals surface area contributed by atoms with Gasteiger partial charge in [0.05, 0.1) is 6.04 Å². The molecule has 0 aliphatic carbocycles. The summed E-state index contributed by atoms with van der Waals surface area (Å²) < 4.78 is 5.20. The molecule has 2 aromatic carbocycles. The molecule has 0 unspecified atom stereocenters. The maximum absolute atomic E-state index is 12.8. The fraction of sp³-hybridized carbons (Fsp3) is 0.182. The molecule has 6 heteroatoms. The molecule has 0 fully saturated rings. The largest absolute Gasteiger partial charge is 0.453 e. The van der Waals surface area contributed by atoms with Gasteiger partial charge in [0, 0.05) is 4.88 Å². The van der Waals surface area contributed by atoms with Crippen LogP contribution < -0.4 is 5.32 Å². The van der Waals surface area contributed by atoms with E-state index in [1.165, 1.54) is 11.3 Å².